The SMILES string of the molecule is CCCCCCC/C=C\C/C=C\CCCCCCCCCCCCCC(=O)OCC(COC(=O)CCCCCCCCCCCCCCCCC)OC(=O)CCCCCCCCCCCCC/C=C\C/C=C\CCCCCCC. The van der Waals surface area contributed by atoms with Gasteiger partial charge in [-0.3, -0.25) is 14.4 Å². The van der Waals surface area contributed by atoms with E-state index in [4.69, 9.17) is 14.2 Å². The molecular formula is C73H134O6. The molecule has 0 amide bonds. The van der Waals surface area contributed by atoms with Crippen molar-refractivity contribution >= 4 is 17.9 Å². The van der Waals surface area contributed by atoms with Crippen LogP contribution in [-0.4, -0.2) is 37.2 Å². The van der Waals surface area contributed by atoms with Crippen LogP contribution in [0.5, 0.6) is 0 Å². The van der Waals surface area contributed by atoms with Crippen LogP contribution in [0, 0.1) is 0 Å². The van der Waals surface area contributed by atoms with Crippen molar-refractivity contribution < 1.29 is 28.6 Å². The highest BCUT2D eigenvalue weighted by atomic mass is 16.6. The largest absolute Gasteiger partial charge is 0.462 e. The highest BCUT2D eigenvalue weighted by molar-refractivity contribution is 5.71. The van der Waals surface area contributed by atoms with Crippen molar-refractivity contribution in [3.63, 3.8) is 0 Å². The standard InChI is InChI=1S/C73H134O6/c1-4-7-10-13-16-19-22-25-28-30-32-34-36-38-40-42-45-48-51-54-57-60-63-66-72(75)78-69-70(68-77-71(74)65-62-59-56-53-50-47-44-27-24-21-18-15-12-9-6-3)79-73(76)67-64-61-58-55-52-49-46-43-41-39-37-35-33-31-29-26-23-20-17-14-11-8-5-2/h22-23,25-26,30-33,70H,4-21,24,27-29,34-69H2,1-3H3/b25-22-,26-23-,32-30-,33-31-. The number of ether oxygens (including phenoxy) is 3. The Bertz CT molecular complexity index is 1360. The minimum Gasteiger partial charge on any atom is -0.462 e. The van der Waals surface area contributed by atoms with Crippen LogP contribution in [0.1, 0.15) is 380 Å². The van der Waals surface area contributed by atoms with Gasteiger partial charge in [-0.25, -0.2) is 0 Å². The first kappa shape index (κ1) is 76.4. The summed E-state index contributed by atoms with van der Waals surface area (Å²) in [6, 6.07) is 0. The summed E-state index contributed by atoms with van der Waals surface area (Å²) in [5, 5.41) is 0. The van der Waals surface area contributed by atoms with E-state index in [-0.39, 0.29) is 31.1 Å². The molecule has 0 rings (SSSR count). The molecule has 0 bridgehead atoms. The average Bonchev–Trinajstić information content (AvgIpc) is 3.45. The number of carbonyl (C=O) groups excluding carboxylic acids is 3. The van der Waals surface area contributed by atoms with Crippen LogP contribution in [0.25, 0.3) is 0 Å². The third kappa shape index (κ3) is 66.1. The van der Waals surface area contributed by atoms with Crippen molar-refractivity contribution in [2.24, 2.45) is 0 Å². The average molecular weight is 1110 g/mol. The van der Waals surface area contributed by atoms with E-state index in [1.807, 2.05) is 0 Å². The number of carbonyl (C=O) groups is 3. The lowest BCUT2D eigenvalue weighted by Crippen LogP contribution is -2.30. The molecule has 0 saturated heterocycles. The Labute approximate surface area is 492 Å². The second-order valence-corrected chi connectivity index (χ2v) is 23.8. The van der Waals surface area contributed by atoms with Crippen LogP contribution in [0.15, 0.2) is 48.6 Å². The fourth-order valence-electron chi connectivity index (χ4n) is 10.5. The maximum absolute atomic E-state index is 13.0. The molecule has 6 nitrogen and oxygen atoms in total. The van der Waals surface area contributed by atoms with E-state index in [1.54, 1.807) is 0 Å². The van der Waals surface area contributed by atoms with Gasteiger partial charge in [0.2, 0.25) is 0 Å². The number of esters is 3. The lowest BCUT2D eigenvalue weighted by atomic mass is 10.0. The summed E-state index contributed by atoms with van der Waals surface area (Å²) < 4.78 is 17.0. The zero-order valence-electron chi connectivity index (χ0n) is 53.2. The van der Waals surface area contributed by atoms with Gasteiger partial charge in [0, 0.05) is 19.3 Å². The molecule has 0 aromatic rings. The summed E-state index contributed by atoms with van der Waals surface area (Å²) >= 11 is 0. The molecule has 0 aliphatic heterocycles. The summed E-state index contributed by atoms with van der Waals surface area (Å²) in [6.07, 6.45) is 85.5. The van der Waals surface area contributed by atoms with Crippen LogP contribution in [0.3, 0.4) is 0 Å². The van der Waals surface area contributed by atoms with Gasteiger partial charge in [-0.2, -0.15) is 0 Å². The number of hydrogen-bond acceptors (Lipinski definition) is 6. The van der Waals surface area contributed by atoms with E-state index >= 15 is 0 Å². The van der Waals surface area contributed by atoms with E-state index in [2.05, 4.69) is 69.4 Å². The first-order valence-corrected chi connectivity index (χ1v) is 35.1. The second-order valence-electron chi connectivity index (χ2n) is 23.8. The van der Waals surface area contributed by atoms with Crippen LogP contribution in [0.2, 0.25) is 0 Å². The van der Waals surface area contributed by atoms with Gasteiger partial charge in [0.25, 0.3) is 0 Å². The molecule has 0 radical (unpaired) electrons. The van der Waals surface area contributed by atoms with Crippen LogP contribution in [0.4, 0.5) is 0 Å². The van der Waals surface area contributed by atoms with E-state index in [1.165, 1.54) is 270 Å². The fraction of sp³-hybridized carbons (Fsp3) is 0.849. The Morgan fingerprint density at radius 2 is 0.456 bits per heavy atom. The van der Waals surface area contributed by atoms with Crippen LogP contribution >= 0.6 is 0 Å². The Morgan fingerprint density at radius 1 is 0.253 bits per heavy atom. The first-order valence-electron chi connectivity index (χ1n) is 35.1. The van der Waals surface area contributed by atoms with Crippen LogP contribution < -0.4 is 0 Å². The molecule has 0 aliphatic carbocycles. The normalized spacial score (nSPS) is 12.3. The highest BCUT2D eigenvalue weighted by Gasteiger charge is 2.19. The second kappa shape index (κ2) is 67.9. The molecule has 1 atom stereocenters. The number of hydrogen-bond donors (Lipinski definition) is 0. The van der Waals surface area contributed by atoms with Crippen molar-refractivity contribution in [1.82, 2.24) is 0 Å². The quantitative estimate of drug-likeness (QED) is 0.0261. The van der Waals surface area contributed by atoms with E-state index < -0.39 is 6.10 Å². The minimum atomic E-state index is -0.774. The number of unbranched alkanes of at least 4 members (excludes halogenated alkanes) is 46. The van der Waals surface area contributed by atoms with Crippen molar-refractivity contribution in [2.75, 3.05) is 13.2 Å². The Kier molecular flexibility index (Phi) is 65.6. The molecule has 0 fully saturated rings. The van der Waals surface area contributed by atoms with E-state index in [9.17, 15) is 14.4 Å². The molecule has 6 heteroatoms. The molecule has 0 heterocycles. The molecule has 462 valence electrons. The third-order valence-corrected chi connectivity index (χ3v) is 15.8. The predicted molar refractivity (Wildman–Crippen MR) is 344 cm³/mol. The summed E-state index contributed by atoms with van der Waals surface area (Å²) in [7, 11) is 0. The molecule has 1 unspecified atom stereocenters. The third-order valence-electron chi connectivity index (χ3n) is 15.8. The van der Waals surface area contributed by atoms with Crippen LogP contribution in [-0.2, 0) is 28.6 Å². The van der Waals surface area contributed by atoms with Gasteiger partial charge in [-0.1, -0.05) is 326 Å². The summed E-state index contributed by atoms with van der Waals surface area (Å²) in [5.41, 5.74) is 0. The maximum Gasteiger partial charge on any atom is 0.306 e. The van der Waals surface area contributed by atoms with Crippen molar-refractivity contribution in [1.29, 1.82) is 0 Å². The summed E-state index contributed by atoms with van der Waals surface area (Å²) in [4.78, 5) is 38.5. The van der Waals surface area contributed by atoms with Gasteiger partial charge in [0.1, 0.15) is 13.2 Å². The number of allylic oxidation sites excluding steroid dienone is 8. The lowest BCUT2D eigenvalue weighted by Gasteiger charge is -2.18. The smallest absolute Gasteiger partial charge is 0.306 e. The van der Waals surface area contributed by atoms with Gasteiger partial charge >= 0.3 is 17.9 Å². The highest BCUT2D eigenvalue weighted by Crippen LogP contribution is 2.18. The van der Waals surface area contributed by atoms with Gasteiger partial charge in [-0.05, 0) is 83.5 Å². The maximum atomic E-state index is 13.0. The lowest BCUT2D eigenvalue weighted by molar-refractivity contribution is -0.167. The summed E-state index contributed by atoms with van der Waals surface area (Å²) in [5.74, 6) is -0.847. The van der Waals surface area contributed by atoms with Crippen molar-refractivity contribution in [2.45, 2.75) is 386 Å². The molecule has 0 spiro atoms. The van der Waals surface area contributed by atoms with E-state index in [0.29, 0.717) is 19.3 Å². The molecule has 0 saturated carbocycles. The van der Waals surface area contributed by atoms with Crippen molar-refractivity contribution in [3.05, 3.63) is 48.6 Å². The number of rotatable bonds is 65. The van der Waals surface area contributed by atoms with Crippen molar-refractivity contribution in [3.8, 4) is 0 Å². The molecular weight excluding hydrogens is 973 g/mol. The Hall–Kier alpha value is -2.63. The predicted octanol–water partition coefficient (Wildman–Crippen LogP) is 24.1. The molecule has 0 aromatic carbocycles. The monoisotopic (exact) mass is 1110 g/mol. The zero-order valence-corrected chi connectivity index (χ0v) is 53.2. The Morgan fingerprint density at radius 3 is 0.696 bits per heavy atom. The molecule has 0 aliphatic rings. The Balaban J connectivity index is 4.30. The topological polar surface area (TPSA) is 78.9 Å². The first-order chi connectivity index (χ1) is 39.0. The van der Waals surface area contributed by atoms with E-state index in [0.717, 1.165) is 70.6 Å². The zero-order chi connectivity index (χ0) is 57.1. The fourth-order valence-corrected chi connectivity index (χ4v) is 10.5. The molecule has 0 N–H and O–H groups in total. The minimum absolute atomic E-state index is 0.0698. The van der Waals surface area contributed by atoms with Gasteiger partial charge in [-0.15, -0.1) is 0 Å². The van der Waals surface area contributed by atoms with Gasteiger partial charge < -0.3 is 14.2 Å². The summed E-state index contributed by atoms with van der Waals surface area (Å²) in [6.45, 7) is 6.68. The van der Waals surface area contributed by atoms with Gasteiger partial charge in [0.05, 0.1) is 0 Å². The van der Waals surface area contributed by atoms with Gasteiger partial charge in [0.15, 0.2) is 6.10 Å². The molecule has 79 heavy (non-hydrogen) atoms. The molecule has 0 aromatic heterocycles.